The zero-order valence-electron chi connectivity index (χ0n) is 9.11. The monoisotopic (exact) mass is 246 g/mol. The third-order valence-electron chi connectivity index (χ3n) is 2.71. The van der Waals surface area contributed by atoms with Crippen molar-refractivity contribution in [2.45, 2.75) is 12.6 Å². The summed E-state index contributed by atoms with van der Waals surface area (Å²) in [5, 5.41) is 0. The molecule has 2 N–H and O–H groups in total. The van der Waals surface area contributed by atoms with Gasteiger partial charge in [-0.15, -0.1) is 0 Å². The molecule has 17 heavy (non-hydrogen) atoms. The standard InChI is InChI=1S/C10H13F3N4/c11-10(12,13)2-8-1-9(16-6-15-8)17-4-7(3-14)5-17/h1,6-7H,2-5,14H2. The van der Waals surface area contributed by atoms with Crippen LogP contribution < -0.4 is 10.6 Å². The maximum Gasteiger partial charge on any atom is 0.394 e. The van der Waals surface area contributed by atoms with Crippen LogP contribution in [0.2, 0.25) is 0 Å². The first kappa shape index (κ1) is 12.1. The summed E-state index contributed by atoms with van der Waals surface area (Å²) in [6.45, 7) is 2.09. The molecule has 1 aliphatic heterocycles. The second-order valence-corrected chi connectivity index (χ2v) is 4.17. The molecule has 2 rings (SSSR count). The van der Waals surface area contributed by atoms with Crippen molar-refractivity contribution < 1.29 is 13.2 Å². The average molecular weight is 246 g/mol. The number of rotatable bonds is 3. The zero-order chi connectivity index (χ0) is 12.5. The SMILES string of the molecule is NCC1CN(c2cc(CC(F)(F)F)ncn2)C1. The zero-order valence-corrected chi connectivity index (χ0v) is 9.11. The highest BCUT2D eigenvalue weighted by molar-refractivity contribution is 5.42. The lowest BCUT2D eigenvalue weighted by Crippen LogP contribution is -2.50. The van der Waals surface area contributed by atoms with Gasteiger partial charge >= 0.3 is 6.18 Å². The fraction of sp³-hybridized carbons (Fsp3) is 0.600. The lowest BCUT2D eigenvalue weighted by Gasteiger charge is -2.39. The van der Waals surface area contributed by atoms with Crippen molar-refractivity contribution in [2.75, 3.05) is 24.5 Å². The summed E-state index contributed by atoms with van der Waals surface area (Å²) in [7, 11) is 0. The van der Waals surface area contributed by atoms with Crippen LogP contribution in [-0.2, 0) is 6.42 Å². The maximum atomic E-state index is 12.2. The first-order valence-corrected chi connectivity index (χ1v) is 5.30. The first-order chi connectivity index (χ1) is 7.98. The predicted molar refractivity (Wildman–Crippen MR) is 56.5 cm³/mol. The van der Waals surface area contributed by atoms with Crippen molar-refractivity contribution >= 4 is 5.82 Å². The molecule has 0 aliphatic carbocycles. The normalized spacial score (nSPS) is 17.1. The van der Waals surface area contributed by atoms with Gasteiger partial charge in [0.15, 0.2) is 0 Å². The van der Waals surface area contributed by atoms with Crippen molar-refractivity contribution in [2.24, 2.45) is 11.7 Å². The van der Waals surface area contributed by atoms with E-state index in [2.05, 4.69) is 9.97 Å². The lowest BCUT2D eigenvalue weighted by molar-refractivity contribution is -0.127. The first-order valence-electron chi connectivity index (χ1n) is 5.30. The molecule has 0 aromatic carbocycles. The van der Waals surface area contributed by atoms with Gasteiger partial charge in [0.25, 0.3) is 0 Å². The van der Waals surface area contributed by atoms with E-state index in [9.17, 15) is 13.2 Å². The predicted octanol–water partition coefficient (Wildman–Crippen LogP) is 0.976. The van der Waals surface area contributed by atoms with Gasteiger partial charge in [-0.25, -0.2) is 9.97 Å². The van der Waals surface area contributed by atoms with Gasteiger partial charge in [-0.05, 0) is 6.54 Å². The van der Waals surface area contributed by atoms with Crippen LogP contribution in [0.3, 0.4) is 0 Å². The maximum absolute atomic E-state index is 12.2. The van der Waals surface area contributed by atoms with E-state index in [0.29, 0.717) is 18.3 Å². The van der Waals surface area contributed by atoms with E-state index in [-0.39, 0.29) is 5.69 Å². The summed E-state index contributed by atoms with van der Waals surface area (Å²) in [5.41, 5.74) is 5.48. The summed E-state index contributed by atoms with van der Waals surface area (Å²) < 4.78 is 36.6. The Balaban J connectivity index is 2.03. The van der Waals surface area contributed by atoms with E-state index >= 15 is 0 Å². The average Bonchev–Trinajstić information content (AvgIpc) is 2.13. The number of hydrogen-bond donors (Lipinski definition) is 1. The Bertz CT molecular complexity index is 387. The van der Waals surface area contributed by atoms with Crippen LogP contribution in [0.1, 0.15) is 5.69 Å². The van der Waals surface area contributed by atoms with Gasteiger partial charge in [-0.2, -0.15) is 13.2 Å². The second-order valence-electron chi connectivity index (χ2n) is 4.17. The van der Waals surface area contributed by atoms with Crippen molar-refractivity contribution in [1.29, 1.82) is 0 Å². The van der Waals surface area contributed by atoms with Crippen LogP contribution in [0.25, 0.3) is 0 Å². The van der Waals surface area contributed by atoms with Gasteiger partial charge in [-0.1, -0.05) is 0 Å². The van der Waals surface area contributed by atoms with E-state index in [1.54, 1.807) is 0 Å². The van der Waals surface area contributed by atoms with Crippen LogP contribution in [0.15, 0.2) is 12.4 Å². The van der Waals surface area contributed by atoms with Crippen molar-refractivity contribution in [1.82, 2.24) is 9.97 Å². The Kier molecular flexibility index (Phi) is 3.19. The Morgan fingerprint density at radius 1 is 1.35 bits per heavy atom. The number of anilines is 1. The van der Waals surface area contributed by atoms with Gasteiger partial charge in [-0.3, -0.25) is 0 Å². The molecule has 0 spiro atoms. The molecule has 0 amide bonds. The lowest BCUT2D eigenvalue weighted by atomic mass is 10.0. The van der Waals surface area contributed by atoms with E-state index in [0.717, 1.165) is 13.1 Å². The minimum absolute atomic E-state index is 0.00121. The van der Waals surface area contributed by atoms with E-state index in [4.69, 9.17) is 5.73 Å². The highest BCUT2D eigenvalue weighted by Gasteiger charge is 2.30. The van der Waals surface area contributed by atoms with Gasteiger partial charge in [0.05, 0.1) is 12.1 Å². The minimum atomic E-state index is -4.24. The molecule has 4 nitrogen and oxygen atoms in total. The van der Waals surface area contributed by atoms with Gasteiger partial charge in [0.1, 0.15) is 12.1 Å². The molecule has 1 aliphatic rings. The van der Waals surface area contributed by atoms with Crippen molar-refractivity contribution in [3.63, 3.8) is 0 Å². The molecule has 7 heteroatoms. The summed E-state index contributed by atoms with van der Waals surface area (Å²) in [5.74, 6) is 0.958. The third kappa shape index (κ3) is 3.06. The molecule has 1 fully saturated rings. The summed E-state index contributed by atoms with van der Waals surface area (Å²) in [6, 6.07) is 1.39. The van der Waals surface area contributed by atoms with Gasteiger partial charge in [0, 0.05) is 25.1 Å². The largest absolute Gasteiger partial charge is 0.394 e. The molecule has 0 atom stereocenters. The van der Waals surface area contributed by atoms with Crippen molar-refractivity contribution in [3.8, 4) is 0 Å². The fourth-order valence-corrected chi connectivity index (χ4v) is 1.77. The molecule has 94 valence electrons. The third-order valence-corrected chi connectivity index (χ3v) is 2.71. The Morgan fingerprint density at radius 2 is 2.06 bits per heavy atom. The molecular formula is C10H13F3N4. The van der Waals surface area contributed by atoms with Crippen LogP contribution in [0, 0.1) is 5.92 Å². The van der Waals surface area contributed by atoms with Crippen LogP contribution in [0.4, 0.5) is 19.0 Å². The van der Waals surface area contributed by atoms with Gasteiger partial charge < -0.3 is 10.6 Å². The fourth-order valence-electron chi connectivity index (χ4n) is 1.77. The molecule has 0 bridgehead atoms. The highest BCUT2D eigenvalue weighted by atomic mass is 19.4. The quantitative estimate of drug-likeness (QED) is 0.863. The number of aromatic nitrogens is 2. The minimum Gasteiger partial charge on any atom is -0.356 e. The molecular weight excluding hydrogens is 233 g/mol. The molecule has 0 unspecified atom stereocenters. The van der Waals surface area contributed by atoms with Crippen LogP contribution in [0.5, 0.6) is 0 Å². The van der Waals surface area contributed by atoms with E-state index in [1.807, 2.05) is 4.90 Å². The Morgan fingerprint density at radius 3 is 2.65 bits per heavy atom. The number of halogens is 3. The van der Waals surface area contributed by atoms with E-state index in [1.165, 1.54) is 12.4 Å². The molecule has 0 radical (unpaired) electrons. The molecule has 2 heterocycles. The van der Waals surface area contributed by atoms with E-state index < -0.39 is 12.6 Å². The number of hydrogen-bond acceptors (Lipinski definition) is 4. The molecule has 1 aromatic heterocycles. The Hall–Kier alpha value is -1.37. The summed E-state index contributed by atoms with van der Waals surface area (Å²) in [4.78, 5) is 9.49. The summed E-state index contributed by atoms with van der Waals surface area (Å²) >= 11 is 0. The summed E-state index contributed by atoms with van der Waals surface area (Å²) in [6.07, 6.45) is -4.08. The van der Waals surface area contributed by atoms with Crippen LogP contribution in [-0.4, -0.2) is 35.8 Å². The number of nitrogens with two attached hydrogens (primary N) is 1. The molecule has 0 saturated carbocycles. The Labute approximate surface area is 96.7 Å². The van der Waals surface area contributed by atoms with Gasteiger partial charge in [0.2, 0.25) is 0 Å². The second kappa shape index (κ2) is 4.48. The van der Waals surface area contributed by atoms with Crippen LogP contribution >= 0.6 is 0 Å². The highest BCUT2D eigenvalue weighted by Crippen LogP contribution is 2.25. The smallest absolute Gasteiger partial charge is 0.356 e. The topological polar surface area (TPSA) is 55.0 Å². The molecule has 1 saturated heterocycles. The van der Waals surface area contributed by atoms with Crippen molar-refractivity contribution in [3.05, 3.63) is 18.1 Å². The number of nitrogens with zero attached hydrogens (tertiary/aromatic N) is 3. The number of alkyl halides is 3. The molecule has 1 aromatic rings.